The highest BCUT2D eigenvalue weighted by Gasteiger charge is 2.15. The van der Waals surface area contributed by atoms with Gasteiger partial charge in [0, 0.05) is 0 Å². The fourth-order valence-corrected chi connectivity index (χ4v) is 3.08. The summed E-state index contributed by atoms with van der Waals surface area (Å²) in [4.78, 5) is 3.05. The van der Waals surface area contributed by atoms with Crippen LogP contribution in [0.4, 0.5) is 0 Å². The highest BCUT2D eigenvalue weighted by molar-refractivity contribution is 8.06. The molecule has 0 fully saturated rings. The Balaban J connectivity index is 2.05. The van der Waals surface area contributed by atoms with E-state index in [1.165, 1.54) is 34.6 Å². The van der Waals surface area contributed by atoms with Crippen LogP contribution in [-0.4, -0.2) is 0 Å². The number of thioether (sulfide) groups is 1. The second-order valence-corrected chi connectivity index (χ2v) is 5.59. The zero-order valence-corrected chi connectivity index (χ0v) is 10.3. The van der Waals surface area contributed by atoms with Crippen molar-refractivity contribution in [3.8, 4) is 0 Å². The Morgan fingerprint density at radius 2 is 2.13 bits per heavy atom. The van der Waals surface area contributed by atoms with Crippen LogP contribution in [0.1, 0.15) is 33.1 Å². The van der Waals surface area contributed by atoms with Crippen molar-refractivity contribution < 1.29 is 0 Å². The standard InChI is InChI=1S/C14H18S/c1-11-8-9-14(12(2)10-11)15-13-6-4-3-5-7-13/h3-4,6,8-9,12H,5,7,10H2,1-2H3. The van der Waals surface area contributed by atoms with Gasteiger partial charge in [-0.15, -0.1) is 0 Å². The monoisotopic (exact) mass is 218 g/mol. The molecule has 80 valence electrons. The molecule has 2 aliphatic carbocycles. The van der Waals surface area contributed by atoms with E-state index in [9.17, 15) is 0 Å². The lowest BCUT2D eigenvalue weighted by Gasteiger charge is -2.21. The maximum Gasteiger partial charge on any atom is -0.00742 e. The third-order valence-corrected chi connectivity index (χ3v) is 4.25. The average molecular weight is 218 g/mol. The normalized spacial score (nSPS) is 25.7. The van der Waals surface area contributed by atoms with Crippen LogP contribution >= 0.6 is 11.8 Å². The van der Waals surface area contributed by atoms with Gasteiger partial charge in [-0.25, -0.2) is 0 Å². The molecule has 1 heteroatoms. The van der Waals surface area contributed by atoms with Crippen molar-refractivity contribution in [1.82, 2.24) is 0 Å². The summed E-state index contributed by atoms with van der Waals surface area (Å²) >= 11 is 1.98. The largest absolute Gasteiger partial charge is 0.0987 e. The summed E-state index contributed by atoms with van der Waals surface area (Å²) in [7, 11) is 0. The van der Waals surface area contributed by atoms with E-state index in [-0.39, 0.29) is 0 Å². The van der Waals surface area contributed by atoms with Crippen molar-refractivity contribution in [2.45, 2.75) is 33.1 Å². The van der Waals surface area contributed by atoms with E-state index in [1.54, 1.807) is 0 Å². The van der Waals surface area contributed by atoms with Gasteiger partial charge in [-0.05, 0) is 41.9 Å². The summed E-state index contributed by atoms with van der Waals surface area (Å²) in [6, 6.07) is 0. The molecule has 1 atom stereocenters. The zero-order chi connectivity index (χ0) is 10.7. The van der Waals surface area contributed by atoms with Crippen LogP contribution in [0.2, 0.25) is 0 Å². The number of hydrogen-bond acceptors (Lipinski definition) is 1. The van der Waals surface area contributed by atoms with Crippen LogP contribution in [0.25, 0.3) is 0 Å². The second kappa shape index (κ2) is 4.89. The minimum Gasteiger partial charge on any atom is -0.0987 e. The fraction of sp³-hybridized carbons (Fsp3) is 0.429. The van der Waals surface area contributed by atoms with Crippen LogP contribution in [-0.2, 0) is 0 Å². The van der Waals surface area contributed by atoms with E-state index in [1.807, 2.05) is 11.8 Å². The summed E-state index contributed by atoms with van der Waals surface area (Å²) < 4.78 is 0. The smallest absolute Gasteiger partial charge is 0.00742 e. The molecule has 0 aromatic rings. The minimum atomic E-state index is 0.701. The summed E-state index contributed by atoms with van der Waals surface area (Å²) in [5.74, 6) is 0.701. The first kappa shape index (κ1) is 10.8. The molecule has 15 heavy (non-hydrogen) atoms. The van der Waals surface area contributed by atoms with E-state index >= 15 is 0 Å². The van der Waals surface area contributed by atoms with Gasteiger partial charge >= 0.3 is 0 Å². The first-order chi connectivity index (χ1) is 7.25. The Morgan fingerprint density at radius 3 is 2.80 bits per heavy atom. The van der Waals surface area contributed by atoms with Crippen LogP contribution in [0.3, 0.4) is 0 Å². The van der Waals surface area contributed by atoms with E-state index in [0.29, 0.717) is 5.92 Å². The molecule has 0 bridgehead atoms. The molecule has 2 rings (SSSR count). The third kappa shape index (κ3) is 2.88. The van der Waals surface area contributed by atoms with Gasteiger partial charge in [-0.3, -0.25) is 0 Å². The average Bonchev–Trinajstić information content (AvgIpc) is 2.24. The highest BCUT2D eigenvalue weighted by Crippen LogP contribution is 2.39. The number of allylic oxidation sites excluding steroid dienone is 8. The molecule has 0 aliphatic heterocycles. The summed E-state index contributed by atoms with van der Waals surface area (Å²) in [5.41, 5.74) is 1.50. The van der Waals surface area contributed by atoms with Gasteiger partial charge in [-0.2, -0.15) is 0 Å². The molecular formula is C14H18S. The van der Waals surface area contributed by atoms with Crippen molar-refractivity contribution in [3.63, 3.8) is 0 Å². The van der Waals surface area contributed by atoms with E-state index < -0.39 is 0 Å². The lowest BCUT2D eigenvalue weighted by molar-refractivity contribution is 0.696. The Labute approximate surface area is 96.8 Å². The summed E-state index contributed by atoms with van der Waals surface area (Å²) in [6.45, 7) is 4.55. The highest BCUT2D eigenvalue weighted by atomic mass is 32.2. The van der Waals surface area contributed by atoms with Crippen molar-refractivity contribution in [1.29, 1.82) is 0 Å². The van der Waals surface area contributed by atoms with Gasteiger partial charge in [-0.1, -0.05) is 54.6 Å². The first-order valence-electron chi connectivity index (χ1n) is 5.66. The number of hydrogen-bond donors (Lipinski definition) is 0. The SMILES string of the molecule is CC1=CC=C(SC2=CC=CCC2)C(C)C1. The Morgan fingerprint density at radius 1 is 1.27 bits per heavy atom. The van der Waals surface area contributed by atoms with E-state index in [2.05, 4.69) is 44.2 Å². The summed E-state index contributed by atoms with van der Waals surface area (Å²) in [5, 5.41) is 0. The van der Waals surface area contributed by atoms with Gasteiger partial charge in [0.2, 0.25) is 0 Å². The Bertz CT molecular complexity index is 356. The van der Waals surface area contributed by atoms with Crippen molar-refractivity contribution in [3.05, 3.63) is 45.8 Å². The molecule has 1 unspecified atom stereocenters. The van der Waals surface area contributed by atoms with Gasteiger partial charge < -0.3 is 0 Å². The van der Waals surface area contributed by atoms with Crippen molar-refractivity contribution in [2.24, 2.45) is 5.92 Å². The van der Waals surface area contributed by atoms with E-state index in [4.69, 9.17) is 0 Å². The summed E-state index contributed by atoms with van der Waals surface area (Å²) in [6.07, 6.45) is 14.9. The molecular weight excluding hydrogens is 200 g/mol. The van der Waals surface area contributed by atoms with Crippen molar-refractivity contribution in [2.75, 3.05) is 0 Å². The lowest BCUT2D eigenvalue weighted by atomic mass is 9.97. The second-order valence-electron chi connectivity index (χ2n) is 4.39. The quantitative estimate of drug-likeness (QED) is 0.640. The van der Waals surface area contributed by atoms with Gasteiger partial charge in [0.05, 0.1) is 0 Å². The minimum absolute atomic E-state index is 0.701. The molecule has 0 amide bonds. The van der Waals surface area contributed by atoms with Crippen LogP contribution in [0, 0.1) is 5.92 Å². The molecule has 0 saturated heterocycles. The molecule has 0 aromatic heterocycles. The maximum absolute atomic E-state index is 2.33. The molecule has 0 spiro atoms. The van der Waals surface area contributed by atoms with Crippen LogP contribution in [0.5, 0.6) is 0 Å². The Hall–Kier alpha value is -0.690. The van der Waals surface area contributed by atoms with Gasteiger partial charge in [0.25, 0.3) is 0 Å². The fourth-order valence-electron chi connectivity index (χ4n) is 1.99. The molecule has 0 aromatic carbocycles. The molecule has 0 nitrogen and oxygen atoms in total. The van der Waals surface area contributed by atoms with Gasteiger partial charge in [0.15, 0.2) is 0 Å². The maximum atomic E-state index is 2.33. The van der Waals surface area contributed by atoms with Crippen molar-refractivity contribution >= 4 is 11.8 Å². The van der Waals surface area contributed by atoms with Crippen LogP contribution < -0.4 is 0 Å². The van der Waals surface area contributed by atoms with E-state index in [0.717, 1.165) is 0 Å². The number of rotatable bonds is 2. The molecule has 0 N–H and O–H groups in total. The lowest BCUT2D eigenvalue weighted by Crippen LogP contribution is -2.02. The molecule has 0 radical (unpaired) electrons. The topological polar surface area (TPSA) is 0 Å². The predicted octanol–water partition coefficient (Wildman–Crippen LogP) is 4.82. The molecule has 0 saturated carbocycles. The third-order valence-electron chi connectivity index (χ3n) is 2.87. The zero-order valence-electron chi connectivity index (χ0n) is 9.49. The van der Waals surface area contributed by atoms with Gasteiger partial charge in [0.1, 0.15) is 0 Å². The first-order valence-corrected chi connectivity index (χ1v) is 6.48. The molecule has 0 heterocycles. The predicted molar refractivity (Wildman–Crippen MR) is 69.7 cm³/mol. The molecule has 2 aliphatic rings. The van der Waals surface area contributed by atoms with Crippen LogP contribution in [0.15, 0.2) is 45.8 Å². The Kier molecular flexibility index (Phi) is 3.53.